The summed E-state index contributed by atoms with van der Waals surface area (Å²) in [6, 6.07) is 1.88. The Hall–Kier alpha value is -2.21. The molecule has 0 saturated carbocycles. The van der Waals surface area contributed by atoms with Gasteiger partial charge in [-0.1, -0.05) is 0 Å². The molecule has 6 nitrogen and oxygen atoms in total. The summed E-state index contributed by atoms with van der Waals surface area (Å²) in [5.41, 5.74) is 2.70. The van der Waals surface area contributed by atoms with Gasteiger partial charge in [0.25, 0.3) is 0 Å². The van der Waals surface area contributed by atoms with Crippen LogP contribution >= 0.6 is 0 Å². The maximum Gasteiger partial charge on any atom is 0.230 e. The molecule has 1 fully saturated rings. The van der Waals surface area contributed by atoms with E-state index in [1.54, 1.807) is 23.3 Å². The first-order valence-electron chi connectivity index (χ1n) is 7.47. The zero-order chi connectivity index (χ0) is 15.5. The Morgan fingerprint density at radius 1 is 1.45 bits per heavy atom. The van der Waals surface area contributed by atoms with Crippen LogP contribution in [0.3, 0.4) is 0 Å². The second-order valence-electron chi connectivity index (χ2n) is 5.67. The number of hydrogen-bond acceptors (Lipinski definition) is 4. The van der Waals surface area contributed by atoms with Gasteiger partial charge in [0.2, 0.25) is 5.91 Å². The second-order valence-corrected chi connectivity index (χ2v) is 5.67. The van der Waals surface area contributed by atoms with E-state index in [-0.39, 0.29) is 17.9 Å². The quantitative estimate of drug-likeness (QED) is 0.943. The van der Waals surface area contributed by atoms with Crippen LogP contribution in [0, 0.1) is 12.8 Å². The Kier molecular flexibility index (Phi) is 4.20. The number of hydrogen-bond donors (Lipinski definition) is 1. The SMILES string of the molecule is Cc1ccncc1NC(=O)[C@@H]1CCCO[C@H]1c1cnn(C)c1. The van der Waals surface area contributed by atoms with E-state index in [9.17, 15) is 4.79 Å². The molecule has 2 aromatic heterocycles. The van der Waals surface area contributed by atoms with Crippen LogP contribution in [0.5, 0.6) is 0 Å². The number of carbonyl (C=O) groups is 1. The van der Waals surface area contributed by atoms with Crippen molar-refractivity contribution in [3.8, 4) is 0 Å². The third kappa shape index (κ3) is 3.01. The van der Waals surface area contributed by atoms with Crippen LogP contribution in [-0.4, -0.2) is 27.3 Å². The van der Waals surface area contributed by atoms with Crippen molar-refractivity contribution in [3.63, 3.8) is 0 Å². The number of amides is 1. The summed E-state index contributed by atoms with van der Waals surface area (Å²) < 4.78 is 7.58. The smallest absolute Gasteiger partial charge is 0.230 e. The Labute approximate surface area is 129 Å². The number of pyridine rings is 1. The Morgan fingerprint density at radius 2 is 2.32 bits per heavy atom. The minimum Gasteiger partial charge on any atom is -0.373 e. The normalized spacial score (nSPS) is 21.5. The van der Waals surface area contributed by atoms with Crippen LogP contribution in [-0.2, 0) is 16.6 Å². The van der Waals surface area contributed by atoms with Crippen LogP contribution in [0.4, 0.5) is 5.69 Å². The summed E-state index contributed by atoms with van der Waals surface area (Å²) in [4.78, 5) is 16.7. The molecule has 6 heteroatoms. The predicted molar refractivity (Wildman–Crippen MR) is 82.2 cm³/mol. The summed E-state index contributed by atoms with van der Waals surface area (Å²) in [6.07, 6.45) is 8.53. The van der Waals surface area contributed by atoms with E-state index in [1.807, 2.05) is 26.2 Å². The highest BCUT2D eigenvalue weighted by atomic mass is 16.5. The number of anilines is 1. The minimum absolute atomic E-state index is 0.0235. The monoisotopic (exact) mass is 300 g/mol. The van der Waals surface area contributed by atoms with Gasteiger partial charge in [0.05, 0.1) is 30.1 Å². The third-order valence-electron chi connectivity index (χ3n) is 4.01. The molecule has 0 radical (unpaired) electrons. The molecule has 0 aliphatic carbocycles. The Bertz CT molecular complexity index is 668. The fourth-order valence-corrected chi connectivity index (χ4v) is 2.79. The number of nitrogens with zero attached hydrogens (tertiary/aromatic N) is 3. The van der Waals surface area contributed by atoms with Gasteiger partial charge in [0, 0.05) is 31.6 Å². The van der Waals surface area contributed by atoms with E-state index < -0.39 is 0 Å². The van der Waals surface area contributed by atoms with Gasteiger partial charge in [0.15, 0.2) is 0 Å². The Morgan fingerprint density at radius 3 is 3.05 bits per heavy atom. The van der Waals surface area contributed by atoms with Gasteiger partial charge in [-0.3, -0.25) is 14.5 Å². The number of nitrogens with one attached hydrogen (secondary N) is 1. The van der Waals surface area contributed by atoms with Crippen molar-refractivity contribution < 1.29 is 9.53 Å². The molecule has 1 saturated heterocycles. The highest BCUT2D eigenvalue weighted by Gasteiger charge is 2.34. The number of aryl methyl sites for hydroxylation is 2. The van der Waals surface area contributed by atoms with E-state index in [4.69, 9.17) is 4.74 Å². The molecular weight excluding hydrogens is 280 g/mol. The van der Waals surface area contributed by atoms with Crippen LogP contribution < -0.4 is 5.32 Å². The van der Waals surface area contributed by atoms with Crippen LogP contribution in [0.2, 0.25) is 0 Å². The first-order chi connectivity index (χ1) is 10.6. The topological polar surface area (TPSA) is 69.0 Å². The van der Waals surface area contributed by atoms with Crippen LogP contribution in [0.1, 0.15) is 30.1 Å². The lowest BCUT2D eigenvalue weighted by Gasteiger charge is -2.30. The molecule has 1 amide bonds. The summed E-state index contributed by atoms with van der Waals surface area (Å²) >= 11 is 0. The average Bonchev–Trinajstić information content (AvgIpc) is 2.96. The van der Waals surface area contributed by atoms with Gasteiger partial charge in [-0.05, 0) is 31.4 Å². The highest BCUT2D eigenvalue weighted by Crippen LogP contribution is 2.34. The molecule has 0 unspecified atom stereocenters. The van der Waals surface area contributed by atoms with Crippen molar-refractivity contribution in [2.45, 2.75) is 25.9 Å². The second kappa shape index (κ2) is 6.27. The van der Waals surface area contributed by atoms with E-state index in [0.29, 0.717) is 6.61 Å². The standard InChI is InChI=1S/C16H20N4O2/c1-11-5-6-17-9-14(11)19-16(21)13-4-3-7-22-15(13)12-8-18-20(2)10-12/h5-6,8-10,13,15H,3-4,7H2,1-2H3,(H,19,21)/t13-,15+/m1/s1. The fraction of sp³-hybridized carbons (Fsp3) is 0.438. The van der Waals surface area contributed by atoms with Gasteiger partial charge in [-0.15, -0.1) is 0 Å². The third-order valence-corrected chi connectivity index (χ3v) is 4.01. The van der Waals surface area contributed by atoms with E-state index in [2.05, 4.69) is 15.4 Å². The van der Waals surface area contributed by atoms with Crippen molar-refractivity contribution in [1.82, 2.24) is 14.8 Å². The largest absolute Gasteiger partial charge is 0.373 e. The lowest BCUT2D eigenvalue weighted by atomic mass is 9.90. The number of aromatic nitrogens is 3. The molecule has 1 aliphatic rings. The van der Waals surface area contributed by atoms with Crippen molar-refractivity contribution >= 4 is 11.6 Å². The Balaban J connectivity index is 1.78. The van der Waals surface area contributed by atoms with Crippen molar-refractivity contribution in [1.29, 1.82) is 0 Å². The molecule has 0 bridgehead atoms. The van der Waals surface area contributed by atoms with E-state index in [1.165, 1.54) is 0 Å². The molecule has 22 heavy (non-hydrogen) atoms. The van der Waals surface area contributed by atoms with Crippen LogP contribution in [0.25, 0.3) is 0 Å². The van der Waals surface area contributed by atoms with E-state index >= 15 is 0 Å². The van der Waals surface area contributed by atoms with Gasteiger partial charge >= 0.3 is 0 Å². The first kappa shape index (κ1) is 14.7. The van der Waals surface area contributed by atoms with Gasteiger partial charge < -0.3 is 10.1 Å². The molecule has 116 valence electrons. The zero-order valence-electron chi connectivity index (χ0n) is 12.8. The minimum atomic E-state index is -0.237. The lowest BCUT2D eigenvalue weighted by molar-refractivity contribution is -0.129. The molecule has 3 heterocycles. The molecule has 3 rings (SSSR count). The first-order valence-corrected chi connectivity index (χ1v) is 7.47. The lowest BCUT2D eigenvalue weighted by Crippen LogP contribution is -2.33. The maximum absolute atomic E-state index is 12.7. The number of rotatable bonds is 3. The maximum atomic E-state index is 12.7. The number of carbonyl (C=O) groups excluding carboxylic acids is 1. The molecular formula is C16H20N4O2. The molecule has 1 N–H and O–H groups in total. The van der Waals surface area contributed by atoms with Gasteiger partial charge in [0.1, 0.15) is 0 Å². The summed E-state index contributed by atoms with van der Waals surface area (Å²) in [7, 11) is 1.86. The average molecular weight is 300 g/mol. The predicted octanol–water partition coefficient (Wildman–Crippen LogP) is 2.23. The molecule has 2 aromatic rings. The summed E-state index contributed by atoms with van der Waals surface area (Å²) in [6.45, 7) is 2.63. The molecule has 1 aliphatic heterocycles. The van der Waals surface area contributed by atoms with Crippen molar-refractivity contribution in [3.05, 3.63) is 42.0 Å². The van der Waals surface area contributed by atoms with Gasteiger partial charge in [-0.25, -0.2) is 0 Å². The van der Waals surface area contributed by atoms with Crippen LogP contribution in [0.15, 0.2) is 30.9 Å². The van der Waals surface area contributed by atoms with Gasteiger partial charge in [-0.2, -0.15) is 5.10 Å². The number of ether oxygens (including phenoxy) is 1. The summed E-state index contributed by atoms with van der Waals surface area (Å²) in [5.74, 6) is -0.234. The molecule has 0 aromatic carbocycles. The zero-order valence-corrected chi connectivity index (χ0v) is 12.8. The van der Waals surface area contributed by atoms with Crippen molar-refractivity contribution in [2.75, 3.05) is 11.9 Å². The highest BCUT2D eigenvalue weighted by molar-refractivity contribution is 5.93. The molecule has 2 atom stereocenters. The van der Waals surface area contributed by atoms with Crippen molar-refractivity contribution in [2.24, 2.45) is 13.0 Å². The fourth-order valence-electron chi connectivity index (χ4n) is 2.79. The summed E-state index contributed by atoms with van der Waals surface area (Å²) in [5, 5.41) is 7.16. The van der Waals surface area contributed by atoms with E-state index in [0.717, 1.165) is 29.7 Å². The molecule has 0 spiro atoms.